The maximum absolute atomic E-state index is 9.37. The van der Waals surface area contributed by atoms with Crippen LogP contribution in [0.15, 0.2) is 54.7 Å². The van der Waals surface area contributed by atoms with E-state index < -0.39 is 0 Å². The second kappa shape index (κ2) is 6.73. The van der Waals surface area contributed by atoms with E-state index in [4.69, 9.17) is 15.7 Å². The summed E-state index contributed by atoms with van der Waals surface area (Å²) < 4.78 is 2.00. The van der Waals surface area contributed by atoms with Crippen molar-refractivity contribution in [3.63, 3.8) is 0 Å². The summed E-state index contributed by atoms with van der Waals surface area (Å²) in [4.78, 5) is 14.0. The second-order valence-corrected chi connectivity index (χ2v) is 7.82. The molecule has 0 unspecified atom stereocenters. The normalized spacial score (nSPS) is 11.9. The number of aliphatic hydroxyl groups excluding tert-OH is 1. The Hall–Kier alpha value is -3.25. The Labute approximate surface area is 163 Å². The summed E-state index contributed by atoms with van der Waals surface area (Å²) in [5.41, 5.74) is 11.1. The smallest absolute Gasteiger partial charge is 0.165 e. The van der Waals surface area contributed by atoms with Crippen molar-refractivity contribution in [2.75, 3.05) is 5.73 Å². The molecular weight excluding hydrogens is 350 g/mol. The third-order valence-electron chi connectivity index (χ3n) is 4.73. The van der Waals surface area contributed by atoms with Gasteiger partial charge in [0, 0.05) is 23.0 Å². The second-order valence-electron chi connectivity index (χ2n) is 7.82. The van der Waals surface area contributed by atoms with E-state index in [1.165, 1.54) is 0 Å². The molecule has 1 aromatic carbocycles. The van der Waals surface area contributed by atoms with Gasteiger partial charge in [0.25, 0.3) is 0 Å². The van der Waals surface area contributed by atoms with Crippen molar-refractivity contribution in [3.8, 4) is 17.1 Å². The fraction of sp³-hybridized carbons (Fsp3) is 0.227. The molecule has 3 N–H and O–H groups in total. The quantitative estimate of drug-likeness (QED) is 0.569. The number of benzene rings is 1. The number of hydrogen-bond acceptors (Lipinski definition) is 5. The van der Waals surface area contributed by atoms with E-state index in [1.807, 2.05) is 53.1 Å². The first-order valence-electron chi connectivity index (χ1n) is 9.19. The Morgan fingerprint density at radius 3 is 2.39 bits per heavy atom. The molecule has 0 aliphatic heterocycles. The fourth-order valence-electron chi connectivity index (χ4n) is 3.16. The van der Waals surface area contributed by atoms with Gasteiger partial charge in [0.2, 0.25) is 0 Å². The number of aromatic nitrogens is 4. The number of anilines is 1. The summed E-state index contributed by atoms with van der Waals surface area (Å²) in [6.07, 6.45) is 1.66. The molecule has 0 radical (unpaired) electrons. The highest BCUT2D eigenvalue weighted by Gasteiger charge is 2.21. The van der Waals surface area contributed by atoms with Gasteiger partial charge in [-0.1, -0.05) is 32.9 Å². The number of hydrogen-bond donors (Lipinski definition) is 2. The van der Waals surface area contributed by atoms with E-state index in [0.29, 0.717) is 11.6 Å². The molecule has 0 amide bonds. The maximum atomic E-state index is 9.37. The molecule has 28 heavy (non-hydrogen) atoms. The molecule has 0 aliphatic carbocycles. The highest BCUT2D eigenvalue weighted by atomic mass is 16.3. The molecule has 0 bridgehead atoms. The van der Waals surface area contributed by atoms with E-state index in [-0.39, 0.29) is 12.0 Å². The van der Waals surface area contributed by atoms with E-state index in [9.17, 15) is 5.11 Å². The number of nitrogens with zero attached hydrogens (tertiary/aromatic N) is 4. The van der Waals surface area contributed by atoms with Crippen molar-refractivity contribution in [1.82, 2.24) is 19.5 Å². The Bertz CT molecular complexity index is 1140. The third-order valence-corrected chi connectivity index (χ3v) is 4.73. The number of pyridine rings is 2. The Morgan fingerprint density at radius 2 is 1.75 bits per heavy atom. The number of nitrogen functional groups attached to an aromatic ring is 1. The summed E-state index contributed by atoms with van der Waals surface area (Å²) in [7, 11) is 0. The van der Waals surface area contributed by atoms with Gasteiger partial charge in [0.15, 0.2) is 11.5 Å². The zero-order valence-corrected chi connectivity index (χ0v) is 16.2. The van der Waals surface area contributed by atoms with Crippen LogP contribution in [0.5, 0.6) is 0 Å². The van der Waals surface area contributed by atoms with Gasteiger partial charge in [-0.3, -0.25) is 4.57 Å². The molecule has 3 heterocycles. The van der Waals surface area contributed by atoms with Crippen LogP contribution in [0.3, 0.4) is 0 Å². The van der Waals surface area contributed by atoms with E-state index in [1.54, 1.807) is 6.20 Å². The number of fused-ring (bicyclic) bond motifs is 1. The summed E-state index contributed by atoms with van der Waals surface area (Å²) >= 11 is 0. The molecule has 0 saturated heterocycles. The Morgan fingerprint density at radius 1 is 1.00 bits per heavy atom. The van der Waals surface area contributed by atoms with Crippen molar-refractivity contribution in [3.05, 3.63) is 66.0 Å². The van der Waals surface area contributed by atoms with Gasteiger partial charge >= 0.3 is 0 Å². The van der Waals surface area contributed by atoms with E-state index >= 15 is 0 Å². The van der Waals surface area contributed by atoms with Gasteiger partial charge in [0.05, 0.1) is 12.2 Å². The van der Waals surface area contributed by atoms with Crippen molar-refractivity contribution < 1.29 is 5.11 Å². The molecule has 142 valence electrons. The monoisotopic (exact) mass is 373 g/mol. The van der Waals surface area contributed by atoms with Crippen LogP contribution in [0.25, 0.3) is 28.2 Å². The van der Waals surface area contributed by atoms with Crippen LogP contribution in [0.1, 0.15) is 32.0 Å². The molecule has 0 aliphatic rings. The van der Waals surface area contributed by atoms with Gasteiger partial charge in [-0.25, -0.2) is 15.0 Å². The van der Waals surface area contributed by atoms with E-state index in [2.05, 4.69) is 25.8 Å². The maximum Gasteiger partial charge on any atom is 0.165 e. The summed E-state index contributed by atoms with van der Waals surface area (Å²) in [5.74, 6) is 1.11. The predicted octanol–water partition coefficient (Wildman–Crippen LogP) is 3.85. The standard InChI is InChI=1S/C22H23N5O/c1-22(2,3)18-11-10-17-21(26-18)27(15-8-6-14(13-28)7-9-15)20(25-17)16-5-4-12-24-19(16)23/h4-12,28H,13H2,1-3H3,(H2,23,24). The molecule has 6 heteroatoms. The number of nitrogens with two attached hydrogens (primary N) is 1. The minimum absolute atomic E-state index is 0.000209. The van der Waals surface area contributed by atoms with Crippen LogP contribution in [0.2, 0.25) is 0 Å². The Balaban J connectivity index is 2.04. The summed E-state index contributed by atoms with van der Waals surface area (Å²) in [5, 5.41) is 9.37. The number of rotatable bonds is 3. The minimum Gasteiger partial charge on any atom is -0.392 e. The largest absolute Gasteiger partial charge is 0.392 e. The lowest BCUT2D eigenvalue weighted by molar-refractivity contribution is 0.282. The van der Waals surface area contributed by atoms with Crippen molar-refractivity contribution in [2.24, 2.45) is 0 Å². The first kappa shape index (κ1) is 18.1. The third kappa shape index (κ3) is 3.12. The average Bonchev–Trinajstić information content (AvgIpc) is 3.06. The van der Waals surface area contributed by atoms with Crippen molar-refractivity contribution in [2.45, 2.75) is 32.8 Å². The SMILES string of the molecule is CC(C)(C)c1ccc2nc(-c3cccnc3N)n(-c3ccc(CO)cc3)c2n1. The predicted molar refractivity (Wildman–Crippen MR) is 111 cm³/mol. The Kier molecular flexibility index (Phi) is 4.35. The molecule has 6 nitrogen and oxygen atoms in total. The van der Waals surface area contributed by atoms with E-state index in [0.717, 1.165) is 33.7 Å². The first-order chi connectivity index (χ1) is 13.4. The highest BCUT2D eigenvalue weighted by Crippen LogP contribution is 2.31. The molecule has 3 aromatic heterocycles. The molecule has 0 saturated carbocycles. The lowest BCUT2D eigenvalue weighted by Gasteiger charge is -2.18. The highest BCUT2D eigenvalue weighted by molar-refractivity contribution is 5.82. The van der Waals surface area contributed by atoms with Crippen molar-refractivity contribution in [1.29, 1.82) is 0 Å². The van der Waals surface area contributed by atoms with Crippen LogP contribution in [-0.4, -0.2) is 24.6 Å². The molecular formula is C22H23N5O. The lowest BCUT2D eigenvalue weighted by Crippen LogP contribution is -2.13. The van der Waals surface area contributed by atoms with Crippen LogP contribution in [0.4, 0.5) is 5.82 Å². The van der Waals surface area contributed by atoms with Crippen LogP contribution >= 0.6 is 0 Å². The van der Waals surface area contributed by atoms with Crippen LogP contribution in [-0.2, 0) is 12.0 Å². The fourth-order valence-corrected chi connectivity index (χ4v) is 3.16. The zero-order valence-electron chi connectivity index (χ0n) is 16.2. The average molecular weight is 373 g/mol. The zero-order chi connectivity index (χ0) is 19.9. The summed E-state index contributed by atoms with van der Waals surface area (Å²) in [6.45, 7) is 6.41. The van der Waals surface area contributed by atoms with Gasteiger partial charge in [-0.15, -0.1) is 0 Å². The van der Waals surface area contributed by atoms with Crippen molar-refractivity contribution >= 4 is 17.0 Å². The lowest BCUT2D eigenvalue weighted by atomic mass is 9.92. The molecule has 4 rings (SSSR count). The number of aliphatic hydroxyl groups is 1. The van der Waals surface area contributed by atoms with Gasteiger partial charge < -0.3 is 10.8 Å². The van der Waals surface area contributed by atoms with Gasteiger partial charge in [0.1, 0.15) is 11.3 Å². The number of imidazole rings is 1. The molecule has 0 fully saturated rings. The minimum atomic E-state index is -0.0858. The van der Waals surface area contributed by atoms with Gasteiger partial charge in [-0.2, -0.15) is 0 Å². The van der Waals surface area contributed by atoms with Crippen LogP contribution in [0, 0.1) is 0 Å². The first-order valence-corrected chi connectivity index (χ1v) is 9.19. The molecule has 4 aromatic rings. The molecule has 0 atom stereocenters. The van der Waals surface area contributed by atoms with Gasteiger partial charge in [-0.05, 0) is 42.0 Å². The summed E-state index contributed by atoms with van der Waals surface area (Å²) in [6, 6.07) is 15.5. The topological polar surface area (TPSA) is 89.8 Å². The molecule has 0 spiro atoms. The van der Waals surface area contributed by atoms with Crippen LogP contribution < -0.4 is 5.73 Å².